The summed E-state index contributed by atoms with van der Waals surface area (Å²) in [6, 6.07) is 10.0. The molecule has 0 saturated heterocycles. The van der Waals surface area contributed by atoms with Gasteiger partial charge in [-0.3, -0.25) is 0 Å². The molecule has 0 bridgehead atoms. The molecule has 2 amide bonds. The highest BCUT2D eigenvalue weighted by molar-refractivity contribution is 7.13. The minimum absolute atomic E-state index is 0.254. The Kier molecular flexibility index (Phi) is 7.91. The molecule has 1 heterocycles. The van der Waals surface area contributed by atoms with E-state index >= 15 is 0 Å². The number of nitrogens with two attached hydrogens (primary N) is 1. The highest BCUT2D eigenvalue weighted by atomic mass is 32.1. The van der Waals surface area contributed by atoms with Gasteiger partial charge in [0.15, 0.2) is 5.75 Å². The fourth-order valence-electron chi connectivity index (χ4n) is 2.06. The summed E-state index contributed by atoms with van der Waals surface area (Å²) in [5, 5.41) is 5.50. The Hall–Kier alpha value is -2.58. The number of carbonyl (C=O) groups is 2. The molecule has 0 spiro atoms. The van der Waals surface area contributed by atoms with Crippen molar-refractivity contribution in [1.29, 1.82) is 0 Å². The van der Waals surface area contributed by atoms with Crippen LogP contribution in [0.3, 0.4) is 0 Å². The maximum atomic E-state index is 12.2. The first-order valence-electron chi connectivity index (χ1n) is 8.35. The lowest BCUT2D eigenvalue weighted by Gasteiger charge is -2.06. The van der Waals surface area contributed by atoms with Crippen molar-refractivity contribution < 1.29 is 19.1 Å². The van der Waals surface area contributed by atoms with Crippen molar-refractivity contribution in [1.82, 2.24) is 10.6 Å². The van der Waals surface area contributed by atoms with Gasteiger partial charge in [-0.2, -0.15) is 0 Å². The van der Waals surface area contributed by atoms with Crippen molar-refractivity contribution >= 4 is 29.0 Å². The van der Waals surface area contributed by atoms with E-state index in [-0.39, 0.29) is 6.03 Å². The third kappa shape index (κ3) is 6.38. The molecule has 0 saturated carbocycles. The molecule has 1 aromatic carbocycles. The lowest BCUT2D eigenvalue weighted by Crippen LogP contribution is -2.35. The van der Waals surface area contributed by atoms with Crippen LogP contribution in [-0.4, -0.2) is 31.8 Å². The van der Waals surface area contributed by atoms with Crippen LogP contribution in [0.25, 0.3) is 0 Å². The largest absolute Gasteiger partial charge is 0.420 e. The molecule has 0 atom stereocenters. The van der Waals surface area contributed by atoms with E-state index in [9.17, 15) is 9.59 Å². The van der Waals surface area contributed by atoms with Crippen LogP contribution in [0.1, 0.15) is 27.9 Å². The molecule has 2 rings (SSSR count). The number of amides is 2. The predicted molar refractivity (Wildman–Crippen MR) is 101 cm³/mol. The number of hydrogen-bond donors (Lipinski definition) is 3. The number of carbonyl (C=O) groups excluding carboxylic acids is 2. The number of thiophene rings is 1. The molecular weight excluding hydrogens is 354 g/mol. The summed E-state index contributed by atoms with van der Waals surface area (Å²) in [5.74, 6) is -0.142. The molecule has 0 unspecified atom stereocenters. The van der Waals surface area contributed by atoms with Crippen LogP contribution in [0.5, 0.6) is 5.75 Å². The first-order chi connectivity index (χ1) is 12.6. The van der Waals surface area contributed by atoms with E-state index in [0.717, 1.165) is 11.3 Å². The predicted octanol–water partition coefficient (Wildman–Crippen LogP) is 2.78. The molecule has 8 heteroatoms. The molecule has 0 aliphatic carbocycles. The first kappa shape index (κ1) is 19.7. The summed E-state index contributed by atoms with van der Waals surface area (Å²) in [5.41, 5.74) is 6.17. The summed E-state index contributed by atoms with van der Waals surface area (Å²) < 4.78 is 10.5. The number of para-hydroxylation sites is 2. The van der Waals surface area contributed by atoms with E-state index in [0.29, 0.717) is 42.6 Å². The number of ether oxygens (including phenoxy) is 2. The van der Waals surface area contributed by atoms with E-state index < -0.39 is 5.97 Å². The third-order valence-electron chi connectivity index (χ3n) is 3.36. The average molecular weight is 377 g/mol. The Morgan fingerprint density at radius 2 is 1.96 bits per heavy atom. The van der Waals surface area contributed by atoms with E-state index in [1.807, 2.05) is 6.92 Å². The quantitative estimate of drug-likeness (QED) is 0.270. The molecule has 0 fully saturated rings. The molecule has 0 aliphatic heterocycles. The van der Waals surface area contributed by atoms with Gasteiger partial charge >= 0.3 is 12.0 Å². The number of benzene rings is 1. The number of rotatable bonds is 9. The van der Waals surface area contributed by atoms with E-state index in [1.165, 1.54) is 11.3 Å². The molecule has 0 radical (unpaired) electrons. The van der Waals surface area contributed by atoms with Gasteiger partial charge in [-0.1, -0.05) is 12.1 Å². The summed E-state index contributed by atoms with van der Waals surface area (Å²) in [6.45, 7) is 4.11. The maximum Gasteiger partial charge on any atom is 0.353 e. The van der Waals surface area contributed by atoms with E-state index in [2.05, 4.69) is 10.6 Å². The van der Waals surface area contributed by atoms with Crippen LogP contribution in [0.2, 0.25) is 0 Å². The molecular formula is C18H23N3O4S. The number of hydrogen-bond acceptors (Lipinski definition) is 6. The Labute approximate surface area is 156 Å². The van der Waals surface area contributed by atoms with Gasteiger partial charge in [-0.15, -0.1) is 11.3 Å². The number of nitrogen functional groups attached to an aromatic ring is 1. The van der Waals surface area contributed by atoms with Gasteiger partial charge in [0.05, 0.1) is 12.2 Å². The molecule has 7 nitrogen and oxygen atoms in total. The monoisotopic (exact) mass is 377 g/mol. The smallest absolute Gasteiger partial charge is 0.353 e. The van der Waals surface area contributed by atoms with Gasteiger partial charge in [0.1, 0.15) is 4.88 Å². The van der Waals surface area contributed by atoms with Gasteiger partial charge in [-0.25, -0.2) is 9.59 Å². The second kappa shape index (κ2) is 10.4. The van der Waals surface area contributed by atoms with Gasteiger partial charge in [-0.05, 0) is 37.6 Å². The lowest BCUT2D eigenvalue weighted by molar-refractivity contribution is 0.0741. The van der Waals surface area contributed by atoms with Crippen molar-refractivity contribution in [3.8, 4) is 5.75 Å². The normalized spacial score (nSPS) is 10.3. The Morgan fingerprint density at radius 3 is 2.73 bits per heavy atom. The van der Waals surface area contributed by atoms with E-state index in [4.69, 9.17) is 15.2 Å². The fraction of sp³-hybridized carbons (Fsp3) is 0.333. The Bertz CT molecular complexity index is 733. The second-order valence-electron chi connectivity index (χ2n) is 5.35. The van der Waals surface area contributed by atoms with Crippen molar-refractivity contribution in [2.24, 2.45) is 0 Å². The van der Waals surface area contributed by atoms with Crippen LogP contribution < -0.4 is 21.1 Å². The van der Waals surface area contributed by atoms with Crippen molar-refractivity contribution in [3.63, 3.8) is 0 Å². The number of nitrogens with one attached hydrogen (secondary N) is 2. The Balaban J connectivity index is 1.76. The first-order valence-corrected chi connectivity index (χ1v) is 9.16. The lowest BCUT2D eigenvalue weighted by atomic mass is 10.3. The average Bonchev–Trinajstić information content (AvgIpc) is 3.11. The zero-order valence-corrected chi connectivity index (χ0v) is 15.4. The van der Waals surface area contributed by atoms with Crippen LogP contribution in [-0.2, 0) is 11.3 Å². The number of esters is 1. The molecule has 4 N–H and O–H groups in total. The van der Waals surface area contributed by atoms with Gasteiger partial charge < -0.3 is 25.8 Å². The summed E-state index contributed by atoms with van der Waals surface area (Å²) in [4.78, 5) is 25.2. The van der Waals surface area contributed by atoms with Crippen molar-refractivity contribution in [2.45, 2.75) is 19.9 Å². The van der Waals surface area contributed by atoms with Crippen LogP contribution in [0, 0.1) is 0 Å². The number of anilines is 1. The number of urea groups is 1. The minimum Gasteiger partial charge on any atom is -0.420 e. The molecule has 2 aromatic rings. The molecule has 140 valence electrons. The zero-order chi connectivity index (χ0) is 18.8. The standard InChI is InChI=1S/C18H23N3O4S/c1-2-24-11-5-10-20-18(23)21-12-13-8-9-16(26-13)17(22)25-15-7-4-3-6-14(15)19/h3-4,6-9H,2,5,10-12,19H2,1H3,(H2,20,21,23). The summed E-state index contributed by atoms with van der Waals surface area (Å²) in [7, 11) is 0. The van der Waals surface area contributed by atoms with Crippen LogP contribution >= 0.6 is 11.3 Å². The van der Waals surface area contributed by atoms with E-state index in [1.54, 1.807) is 36.4 Å². The molecule has 26 heavy (non-hydrogen) atoms. The third-order valence-corrected chi connectivity index (χ3v) is 4.43. The van der Waals surface area contributed by atoms with Crippen molar-refractivity contribution in [2.75, 3.05) is 25.5 Å². The minimum atomic E-state index is -0.473. The van der Waals surface area contributed by atoms with Crippen LogP contribution in [0.15, 0.2) is 36.4 Å². The van der Waals surface area contributed by atoms with Crippen molar-refractivity contribution in [3.05, 3.63) is 46.2 Å². The molecule has 0 aliphatic rings. The topological polar surface area (TPSA) is 103 Å². The second-order valence-corrected chi connectivity index (χ2v) is 6.52. The highest BCUT2D eigenvalue weighted by Crippen LogP contribution is 2.23. The van der Waals surface area contributed by atoms with Crippen LogP contribution in [0.4, 0.5) is 10.5 Å². The SMILES string of the molecule is CCOCCCNC(=O)NCc1ccc(C(=O)Oc2ccccc2N)s1. The summed E-state index contributed by atoms with van der Waals surface area (Å²) in [6.07, 6.45) is 0.763. The van der Waals surface area contributed by atoms with Gasteiger partial charge in [0.2, 0.25) is 0 Å². The highest BCUT2D eigenvalue weighted by Gasteiger charge is 2.13. The zero-order valence-electron chi connectivity index (χ0n) is 14.6. The van der Waals surface area contributed by atoms with Gasteiger partial charge in [0.25, 0.3) is 0 Å². The molecule has 1 aromatic heterocycles. The fourth-order valence-corrected chi connectivity index (χ4v) is 2.88. The Morgan fingerprint density at radius 1 is 1.15 bits per heavy atom. The maximum absolute atomic E-state index is 12.2. The summed E-state index contributed by atoms with van der Waals surface area (Å²) >= 11 is 1.27. The van der Waals surface area contributed by atoms with Gasteiger partial charge in [0, 0.05) is 24.6 Å².